The Bertz CT molecular complexity index is 920. The molecule has 3 aliphatic rings. The summed E-state index contributed by atoms with van der Waals surface area (Å²) in [6.07, 6.45) is 5.56. The number of carbonyl (C=O) groups excluding carboxylic acids is 1. The molecule has 2 fully saturated rings. The van der Waals surface area contributed by atoms with Gasteiger partial charge in [0.15, 0.2) is 0 Å². The quantitative estimate of drug-likeness (QED) is 0.483. The highest BCUT2D eigenvalue weighted by Gasteiger charge is 2.54. The smallest absolute Gasteiger partial charge is 0.277 e. The van der Waals surface area contributed by atoms with Gasteiger partial charge in [-0.1, -0.05) is 30.4 Å². The monoisotopic (exact) mass is 320 g/mol. The number of amides is 1. The lowest BCUT2D eigenvalue weighted by molar-refractivity contribution is -0.383. The standard InChI is InChI=1S/C19H16N2O3/c22-19-18-12-6-5-11(9-12)15(18)10-20(19)16-7-8-17(21(23)24)14-4-2-1-3-13(14)16/h1-8,11-12,15,18H,9-10H2/t11-,12+,15-,18+/m0/s1. The van der Waals surface area contributed by atoms with Crippen LogP contribution < -0.4 is 4.90 Å². The van der Waals surface area contributed by atoms with Gasteiger partial charge in [0, 0.05) is 23.9 Å². The molecule has 1 aliphatic heterocycles. The maximum absolute atomic E-state index is 13.0. The third-order valence-electron chi connectivity index (χ3n) is 5.93. The number of benzene rings is 2. The van der Waals surface area contributed by atoms with E-state index in [4.69, 9.17) is 0 Å². The predicted molar refractivity (Wildman–Crippen MR) is 90.7 cm³/mol. The third-order valence-corrected chi connectivity index (χ3v) is 5.93. The van der Waals surface area contributed by atoms with Crippen LogP contribution in [0.15, 0.2) is 48.6 Å². The number of nitro benzene ring substituents is 1. The summed E-state index contributed by atoms with van der Waals surface area (Å²) < 4.78 is 0. The highest BCUT2D eigenvalue weighted by Crippen LogP contribution is 2.53. The van der Waals surface area contributed by atoms with E-state index in [1.165, 1.54) is 6.07 Å². The van der Waals surface area contributed by atoms with Gasteiger partial charge in [0.1, 0.15) is 0 Å². The molecule has 2 aliphatic carbocycles. The molecule has 1 saturated carbocycles. The fourth-order valence-corrected chi connectivity index (χ4v) is 4.90. The molecule has 0 N–H and O–H groups in total. The van der Waals surface area contributed by atoms with Crippen molar-refractivity contribution in [2.75, 3.05) is 11.4 Å². The van der Waals surface area contributed by atoms with Crippen LogP contribution in [0.3, 0.4) is 0 Å². The van der Waals surface area contributed by atoms with Crippen molar-refractivity contribution in [3.8, 4) is 0 Å². The van der Waals surface area contributed by atoms with Crippen molar-refractivity contribution >= 4 is 28.1 Å². The summed E-state index contributed by atoms with van der Waals surface area (Å²) in [5.41, 5.74) is 0.887. The van der Waals surface area contributed by atoms with Crippen LogP contribution in [0.4, 0.5) is 11.4 Å². The normalized spacial score (nSPS) is 30.3. The molecule has 1 saturated heterocycles. The Labute approximate surface area is 138 Å². The lowest BCUT2D eigenvalue weighted by atomic mass is 9.86. The van der Waals surface area contributed by atoms with Gasteiger partial charge in [-0.05, 0) is 36.3 Å². The van der Waals surface area contributed by atoms with E-state index < -0.39 is 0 Å². The highest BCUT2D eigenvalue weighted by molar-refractivity contribution is 6.08. The lowest BCUT2D eigenvalue weighted by Crippen LogP contribution is -2.29. The van der Waals surface area contributed by atoms with E-state index >= 15 is 0 Å². The van der Waals surface area contributed by atoms with E-state index in [9.17, 15) is 14.9 Å². The highest BCUT2D eigenvalue weighted by atomic mass is 16.6. The Hall–Kier alpha value is -2.69. The van der Waals surface area contributed by atoms with Crippen molar-refractivity contribution in [3.05, 3.63) is 58.7 Å². The molecule has 24 heavy (non-hydrogen) atoms. The van der Waals surface area contributed by atoms with Crippen LogP contribution in [0.1, 0.15) is 6.42 Å². The van der Waals surface area contributed by atoms with Gasteiger partial charge in [-0.2, -0.15) is 0 Å². The first-order valence-electron chi connectivity index (χ1n) is 8.31. The molecule has 1 amide bonds. The molecule has 4 atom stereocenters. The van der Waals surface area contributed by atoms with Crippen molar-refractivity contribution in [2.24, 2.45) is 23.7 Å². The molecule has 0 aromatic heterocycles. The summed E-state index contributed by atoms with van der Waals surface area (Å²) in [7, 11) is 0. The number of carbonyl (C=O) groups is 1. The van der Waals surface area contributed by atoms with Crippen LogP contribution in [0, 0.1) is 33.8 Å². The van der Waals surface area contributed by atoms with Crippen molar-refractivity contribution < 1.29 is 9.72 Å². The van der Waals surface area contributed by atoms with E-state index in [-0.39, 0.29) is 22.4 Å². The van der Waals surface area contributed by atoms with Crippen LogP contribution in [-0.4, -0.2) is 17.4 Å². The molecular formula is C19H16N2O3. The van der Waals surface area contributed by atoms with E-state index in [0.717, 1.165) is 24.0 Å². The molecule has 2 aromatic rings. The summed E-state index contributed by atoms with van der Waals surface area (Å²) in [5, 5.41) is 12.6. The van der Waals surface area contributed by atoms with Gasteiger partial charge in [-0.3, -0.25) is 14.9 Å². The fraction of sp³-hybridized carbons (Fsp3) is 0.316. The van der Waals surface area contributed by atoms with Crippen LogP contribution in [-0.2, 0) is 4.79 Å². The topological polar surface area (TPSA) is 63.5 Å². The second-order valence-electron chi connectivity index (χ2n) is 6.99. The summed E-state index contributed by atoms with van der Waals surface area (Å²) in [6, 6.07) is 10.5. The molecule has 5 rings (SSSR count). The van der Waals surface area contributed by atoms with Crippen molar-refractivity contribution in [3.63, 3.8) is 0 Å². The average molecular weight is 320 g/mol. The van der Waals surface area contributed by atoms with Gasteiger partial charge in [0.2, 0.25) is 5.91 Å². The number of hydrogen-bond acceptors (Lipinski definition) is 3. The second-order valence-corrected chi connectivity index (χ2v) is 6.99. The lowest BCUT2D eigenvalue weighted by Gasteiger charge is -2.21. The Morgan fingerprint density at radius 1 is 1.04 bits per heavy atom. The first-order valence-corrected chi connectivity index (χ1v) is 8.31. The van der Waals surface area contributed by atoms with Crippen LogP contribution in [0.2, 0.25) is 0 Å². The predicted octanol–water partition coefficient (Wildman–Crippen LogP) is 3.53. The SMILES string of the molecule is O=C1[C@H]2[C@@H](CN1c1ccc([N+](=O)[O-])c3ccccc13)[C@H]1C=C[C@@H]2C1. The maximum Gasteiger partial charge on any atom is 0.277 e. The van der Waals surface area contributed by atoms with E-state index in [1.807, 2.05) is 17.0 Å². The number of fused-ring (bicyclic) bond motifs is 6. The molecule has 120 valence electrons. The van der Waals surface area contributed by atoms with Crippen LogP contribution in [0.25, 0.3) is 10.8 Å². The maximum atomic E-state index is 13.0. The van der Waals surface area contributed by atoms with E-state index in [0.29, 0.717) is 23.1 Å². The largest absolute Gasteiger partial charge is 0.311 e. The summed E-state index contributed by atoms with van der Waals surface area (Å²) in [4.78, 5) is 25.8. The summed E-state index contributed by atoms with van der Waals surface area (Å²) in [5.74, 6) is 1.55. The first kappa shape index (κ1) is 13.7. The number of nitrogens with zero attached hydrogens (tertiary/aromatic N) is 2. The molecule has 2 aromatic carbocycles. The van der Waals surface area contributed by atoms with E-state index in [1.54, 1.807) is 18.2 Å². The van der Waals surface area contributed by atoms with Gasteiger partial charge >= 0.3 is 0 Å². The number of nitro groups is 1. The van der Waals surface area contributed by atoms with Gasteiger partial charge in [0.25, 0.3) is 5.69 Å². The fourth-order valence-electron chi connectivity index (χ4n) is 4.90. The minimum absolute atomic E-state index is 0.0860. The molecule has 0 spiro atoms. The number of allylic oxidation sites excluding steroid dienone is 2. The Kier molecular flexibility index (Phi) is 2.66. The summed E-state index contributed by atoms with van der Waals surface area (Å²) in [6.45, 7) is 0.719. The number of non-ortho nitro benzene ring substituents is 1. The Morgan fingerprint density at radius 2 is 1.79 bits per heavy atom. The van der Waals surface area contributed by atoms with Crippen LogP contribution in [0.5, 0.6) is 0 Å². The number of hydrogen-bond donors (Lipinski definition) is 0. The Balaban J connectivity index is 1.63. The zero-order chi connectivity index (χ0) is 16.4. The van der Waals surface area contributed by atoms with Crippen LogP contribution >= 0.6 is 0 Å². The molecule has 5 heteroatoms. The van der Waals surface area contributed by atoms with Gasteiger partial charge in [0.05, 0.1) is 16.0 Å². The zero-order valence-corrected chi connectivity index (χ0v) is 13.0. The molecule has 5 nitrogen and oxygen atoms in total. The number of rotatable bonds is 2. The van der Waals surface area contributed by atoms with Crippen molar-refractivity contribution in [2.45, 2.75) is 6.42 Å². The Morgan fingerprint density at radius 3 is 2.54 bits per heavy atom. The van der Waals surface area contributed by atoms with Gasteiger partial charge < -0.3 is 4.90 Å². The molecule has 1 heterocycles. The first-order chi connectivity index (χ1) is 11.6. The molecule has 2 bridgehead atoms. The minimum atomic E-state index is -0.364. The zero-order valence-electron chi connectivity index (χ0n) is 13.0. The van der Waals surface area contributed by atoms with Crippen molar-refractivity contribution in [1.82, 2.24) is 0 Å². The minimum Gasteiger partial charge on any atom is -0.311 e. The average Bonchev–Trinajstić information content (AvgIpc) is 3.27. The number of anilines is 1. The summed E-state index contributed by atoms with van der Waals surface area (Å²) >= 11 is 0. The second kappa shape index (κ2) is 4.66. The van der Waals surface area contributed by atoms with Crippen molar-refractivity contribution in [1.29, 1.82) is 0 Å². The van der Waals surface area contributed by atoms with Gasteiger partial charge in [-0.15, -0.1) is 0 Å². The molecule has 0 radical (unpaired) electrons. The third kappa shape index (κ3) is 1.67. The molecule has 0 unspecified atom stereocenters. The molecular weight excluding hydrogens is 304 g/mol. The van der Waals surface area contributed by atoms with Gasteiger partial charge in [-0.25, -0.2) is 0 Å². The van der Waals surface area contributed by atoms with E-state index in [2.05, 4.69) is 12.2 Å².